The number of nitrogens with zero attached hydrogens (tertiary/aromatic N) is 3. The van der Waals surface area contributed by atoms with Crippen molar-refractivity contribution in [3.8, 4) is 0 Å². The molecule has 0 aliphatic carbocycles. The Balaban J connectivity index is 1.48. The van der Waals surface area contributed by atoms with Crippen molar-refractivity contribution >= 4 is 40.7 Å². The summed E-state index contributed by atoms with van der Waals surface area (Å²) in [5, 5.41) is 13.2. The maximum absolute atomic E-state index is 5.90. The molecule has 2 aromatic rings. The van der Waals surface area contributed by atoms with E-state index < -0.39 is 0 Å². The van der Waals surface area contributed by atoms with Gasteiger partial charge in [-0.3, -0.25) is 5.43 Å². The fourth-order valence-corrected chi connectivity index (χ4v) is 3.42. The molecule has 0 spiro atoms. The topological polar surface area (TPSA) is 64.0 Å². The quantitative estimate of drug-likeness (QED) is 0.587. The third kappa shape index (κ3) is 5.07. The summed E-state index contributed by atoms with van der Waals surface area (Å²) in [7, 11) is 0. The van der Waals surface area contributed by atoms with E-state index in [9.17, 15) is 0 Å². The fourth-order valence-electron chi connectivity index (χ4n) is 2.29. The number of aromatic nitrogens is 3. The Morgan fingerprint density at radius 2 is 2.25 bits per heavy atom. The molecule has 0 radical (unpaired) electrons. The van der Waals surface area contributed by atoms with Gasteiger partial charge in [-0.15, -0.1) is 10.2 Å². The van der Waals surface area contributed by atoms with E-state index in [4.69, 9.17) is 28.6 Å². The van der Waals surface area contributed by atoms with Crippen LogP contribution in [0.1, 0.15) is 18.4 Å². The largest absolute Gasteiger partial charge is 0.376 e. The first-order valence-corrected chi connectivity index (χ1v) is 9.41. The highest BCUT2D eigenvalue weighted by molar-refractivity contribution is 7.98. The molecule has 6 nitrogen and oxygen atoms in total. The SMILES string of the molecule is S=C(NC[C@@H]1CCCO1)Nn1cnnc1SCc1ccc(Cl)cc1. The van der Waals surface area contributed by atoms with Crippen molar-refractivity contribution in [1.82, 2.24) is 20.2 Å². The van der Waals surface area contributed by atoms with E-state index in [1.807, 2.05) is 24.3 Å². The van der Waals surface area contributed by atoms with E-state index in [0.29, 0.717) is 11.7 Å². The average molecular weight is 384 g/mol. The molecule has 3 rings (SSSR count). The molecule has 1 fully saturated rings. The van der Waals surface area contributed by atoms with Crippen LogP contribution in [0.15, 0.2) is 35.7 Å². The van der Waals surface area contributed by atoms with E-state index in [0.717, 1.165) is 40.9 Å². The Morgan fingerprint density at radius 3 is 3.00 bits per heavy atom. The van der Waals surface area contributed by atoms with Crippen molar-refractivity contribution in [1.29, 1.82) is 0 Å². The lowest BCUT2D eigenvalue weighted by atomic mass is 10.2. The molecule has 1 aromatic heterocycles. The van der Waals surface area contributed by atoms with Crippen molar-refractivity contribution in [2.75, 3.05) is 18.6 Å². The number of nitrogens with one attached hydrogen (secondary N) is 2. The summed E-state index contributed by atoms with van der Waals surface area (Å²) in [4.78, 5) is 0. The van der Waals surface area contributed by atoms with Gasteiger partial charge in [-0.2, -0.15) is 0 Å². The zero-order valence-electron chi connectivity index (χ0n) is 12.9. The number of thiocarbonyl (C=S) groups is 1. The highest BCUT2D eigenvalue weighted by atomic mass is 35.5. The Kier molecular flexibility index (Phi) is 6.30. The molecule has 1 aliphatic rings. The summed E-state index contributed by atoms with van der Waals surface area (Å²) < 4.78 is 7.28. The van der Waals surface area contributed by atoms with Crippen molar-refractivity contribution < 1.29 is 4.74 Å². The predicted octanol–water partition coefficient (Wildman–Crippen LogP) is 2.82. The molecular formula is C15H18ClN5OS2. The van der Waals surface area contributed by atoms with Crippen LogP contribution in [-0.4, -0.2) is 39.2 Å². The minimum atomic E-state index is 0.240. The van der Waals surface area contributed by atoms with Gasteiger partial charge in [0.2, 0.25) is 5.16 Å². The number of rotatable bonds is 6. The Hall–Kier alpha value is -1.35. The smallest absolute Gasteiger partial charge is 0.210 e. The second-order valence-electron chi connectivity index (χ2n) is 5.36. The van der Waals surface area contributed by atoms with Gasteiger partial charge in [0.25, 0.3) is 0 Å². The number of hydrogen-bond donors (Lipinski definition) is 2. The molecule has 1 atom stereocenters. The second-order valence-corrected chi connectivity index (χ2v) is 7.14. The van der Waals surface area contributed by atoms with E-state index >= 15 is 0 Å². The molecular weight excluding hydrogens is 366 g/mol. The number of thioether (sulfide) groups is 1. The zero-order chi connectivity index (χ0) is 16.8. The number of benzene rings is 1. The van der Waals surface area contributed by atoms with Gasteiger partial charge in [-0.1, -0.05) is 35.5 Å². The van der Waals surface area contributed by atoms with Crippen molar-refractivity contribution in [2.24, 2.45) is 0 Å². The summed E-state index contributed by atoms with van der Waals surface area (Å²) >= 11 is 12.8. The predicted molar refractivity (Wildman–Crippen MR) is 100.0 cm³/mol. The van der Waals surface area contributed by atoms with Crippen LogP contribution in [0.5, 0.6) is 0 Å². The van der Waals surface area contributed by atoms with Crippen LogP contribution in [0.2, 0.25) is 5.02 Å². The van der Waals surface area contributed by atoms with Crippen LogP contribution in [0.3, 0.4) is 0 Å². The van der Waals surface area contributed by atoms with Gasteiger partial charge in [0.15, 0.2) is 5.11 Å². The standard InChI is InChI=1S/C15H18ClN5OS2/c16-12-5-3-11(4-6-12)9-24-15-19-18-10-21(15)20-14(23)17-8-13-2-1-7-22-13/h3-6,10,13H,1-2,7-9H2,(H2,17,20,23)/t13-/m0/s1. The highest BCUT2D eigenvalue weighted by Crippen LogP contribution is 2.21. The first kappa shape index (κ1) is 17.5. The summed E-state index contributed by atoms with van der Waals surface area (Å²) in [6.45, 7) is 1.55. The van der Waals surface area contributed by atoms with E-state index in [1.54, 1.807) is 22.8 Å². The third-order valence-corrected chi connectivity index (χ3v) is 5.04. The Bertz CT molecular complexity index is 673. The summed E-state index contributed by atoms with van der Waals surface area (Å²) in [6.07, 6.45) is 4.03. The highest BCUT2D eigenvalue weighted by Gasteiger charge is 2.15. The normalized spacial score (nSPS) is 17.0. The molecule has 24 heavy (non-hydrogen) atoms. The van der Waals surface area contributed by atoms with Crippen molar-refractivity contribution in [3.63, 3.8) is 0 Å². The second kappa shape index (κ2) is 8.66. The summed E-state index contributed by atoms with van der Waals surface area (Å²) in [5.41, 5.74) is 4.24. The molecule has 1 saturated heterocycles. The van der Waals surface area contributed by atoms with E-state index in [1.165, 1.54) is 0 Å². The molecule has 0 unspecified atom stereocenters. The van der Waals surface area contributed by atoms with Gasteiger partial charge in [0.1, 0.15) is 6.33 Å². The van der Waals surface area contributed by atoms with Gasteiger partial charge in [-0.25, -0.2) is 4.68 Å². The van der Waals surface area contributed by atoms with E-state index in [-0.39, 0.29) is 6.10 Å². The number of ether oxygens (including phenoxy) is 1. The van der Waals surface area contributed by atoms with Gasteiger partial charge in [0, 0.05) is 23.9 Å². The molecule has 2 N–H and O–H groups in total. The van der Waals surface area contributed by atoms with Crippen molar-refractivity contribution in [3.05, 3.63) is 41.2 Å². The maximum Gasteiger partial charge on any atom is 0.210 e. The van der Waals surface area contributed by atoms with Crippen LogP contribution < -0.4 is 10.7 Å². The molecule has 0 amide bonds. The Morgan fingerprint density at radius 1 is 1.42 bits per heavy atom. The van der Waals surface area contributed by atoms with Crippen LogP contribution in [0, 0.1) is 0 Å². The van der Waals surface area contributed by atoms with Crippen LogP contribution in [0.4, 0.5) is 0 Å². The van der Waals surface area contributed by atoms with Crippen molar-refractivity contribution in [2.45, 2.75) is 29.9 Å². The van der Waals surface area contributed by atoms with Gasteiger partial charge >= 0.3 is 0 Å². The molecule has 1 aliphatic heterocycles. The third-order valence-electron chi connectivity index (χ3n) is 3.53. The number of halogens is 1. The minimum Gasteiger partial charge on any atom is -0.376 e. The lowest BCUT2D eigenvalue weighted by Crippen LogP contribution is -2.38. The van der Waals surface area contributed by atoms with E-state index in [2.05, 4.69) is 20.9 Å². The fraction of sp³-hybridized carbons (Fsp3) is 0.400. The Labute approximate surface area is 155 Å². The molecule has 2 heterocycles. The molecule has 0 bridgehead atoms. The lowest BCUT2D eigenvalue weighted by molar-refractivity contribution is 0.114. The summed E-state index contributed by atoms with van der Waals surface area (Å²) in [5.74, 6) is 0.771. The van der Waals surface area contributed by atoms with Gasteiger partial charge in [0.05, 0.1) is 6.10 Å². The molecule has 0 saturated carbocycles. The number of hydrogen-bond acceptors (Lipinski definition) is 5. The average Bonchev–Trinajstić information content (AvgIpc) is 3.24. The zero-order valence-corrected chi connectivity index (χ0v) is 15.3. The molecule has 9 heteroatoms. The maximum atomic E-state index is 5.90. The first-order valence-electron chi connectivity index (χ1n) is 7.64. The van der Waals surface area contributed by atoms with Crippen LogP contribution >= 0.6 is 35.6 Å². The minimum absolute atomic E-state index is 0.240. The monoisotopic (exact) mass is 383 g/mol. The van der Waals surface area contributed by atoms with Crippen LogP contribution in [0.25, 0.3) is 0 Å². The van der Waals surface area contributed by atoms with Crippen LogP contribution in [-0.2, 0) is 10.5 Å². The summed E-state index contributed by atoms with van der Waals surface area (Å²) in [6, 6.07) is 7.75. The first-order chi connectivity index (χ1) is 11.7. The van der Waals surface area contributed by atoms with Gasteiger partial charge < -0.3 is 10.1 Å². The molecule has 1 aromatic carbocycles. The van der Waals surface area contributed by atoms with Gasteiger partial charge in [-0.05, 0) is 42.8 Å². The lowest BCUT2D eigenvalue weighted by Gasteiger charge is -2.15. The molecule has 128 valence electrons.